The highest BCUT2D eigenvalue weighted by molar-refractivity contribution is 7.93. The SMILES string of the molecule is CCCCNC1=C(F)C(S(N)(=O)=O)=CC(C(=O)O)C1. The molecule has 0 heterocycles. The highest BCUT2D eigenvalue weighted by Gasteiger charge is 2.31. The lowest BCUT2D eigenvalue weighted by atomic mass is 9.97. The van der Waals surface area contributed by atoms with E-state index in [0.29, 0.717) is 6.54 Å². The second-order valence-corrected chi connectivity index (χ2v) is 5.83. The molecule has 0 aromatic heterocycles. The molecule has 0 amide bonds. The Morgan fingerprint density at radius 3 is 2.74 bits per heavy atom. The topological polar surface area (TPSA) is 109 Å². The first-order valence-electron chi connectivity index (χ1n) is 5.87. The van der Waals surface area contributed by atoms with E-state index in [0.717, 1.165) is 18.9 Å². The van der Waals surface area contributed by atoms with Gasteiger partial charge in [-0.3, -0.25) is 4.79 Å². The first-order valence-corrected chi connectivity index (χ1v) is 7.42. The van der Waals surface area contributed by atoms with Gasteiger partial charge < -0.3 is 10.4 Å². The second kappa shape index (κ2) is 6.16. The maximum absolute atomic E-state index is 14.0. The van der Waals surface area contributed by atoms with Gasteiger partial charge in [-0.2, -0.15) is 0 Å². The lowest BCUT2D eigenvalue weighted by molar-refractivity contribution is -0.140. The number of nitrogens with two attached hydrogens (primary N) is 1. The zero-order chi connectivity index (χ0) is 14.6. The van der Waals surface area contributed by atoms with Crippen LogP contribution in [0.3, 0.4) is 0 Å². The molecular weight excluding hydrogens is 275 g/mol. The van der Waals surface area contributed by atoms with Crippen LogP contribution in [0.5, 0.6) is 0 Å². The Balaban J connectivity index is 3.07. The highest BCUT2D eigenvalue weighted by atomic mass is 32.2. The van der Waals surface area contributed by atoms with Crippen LogP contribution in [0.1, 0.15) is 26.2 Å². The van der Waals surface area contributed by atoms with Crippen molar-refractivity contribution in [3.8, 4) is 0 Å². The van der Waals surface area contributed by atoms with Crippen LogP contribution in [0.2, 0.25) is 0 Å². The Labute approximate surface area is 111 Å². The van der Waals surface area contributed by atoms with Crippen molar-refractivity contribution in [2.75, 3.05) is 6.54 Å². The fourth-order valence-corrected chi connectivity index (χ4v) is 2.44. The molecule has 0 saturated heterocycles. The van der Waals surface area contributed by atoms with Gasteiger partial charge in [0, 0.05) is 18.7 Å². The number of carboxylic acid groups (broad SMARTS) is 1. The largest absolute Gasteiger partial charge is 0.481 e. The number of carbonyl (C=O) groups is 1. The molecule has 0 spiro atoms. The number of rotatable bonds is 6. The standard InChI is InChI=1S/C11H17FN2O4S/c1-2-3-4-14-8-5-7(11(15)16)6-9(10(8)12)19(13,17)18/h6-7,14H,2-5H2,1H3,(H,15,16)(H2,13,17,18). The minimum Gasteiger partial charge on any atom is -0.481 e. The van der Waals surface area contributed by atoms with Crippen LogP contribution in [0.15, 0.2) is 22.5 Å². The van der Waals surface area contributed by atoms with Gasteiger partial charge in [0.05, 0.1) is 5.92 Å². The van der Waals surface area contributed by atoms with Crippen molar-refractivity contribution in [3.63, 3.8) is 0 Å². The summed E-state index contributed by atoms with van der Waals surface area (Å²) in [6, 6.07) is 0. The van der Waals surface area contributed by atoms with Crippen molar-refractivity contribution in [1.82, 2.24) is 5.32 Å². The summed E-state index contributed by atoms with van der Waals surface area (Å²) in [5.41, 5.74) is -0.0209. The third-order valence-electron chi connectivity index (χ3n) is 2.75. The fraction of sp³-hybridized carbons (Fsp3) is 0.545. The summed E-state index contributed by atoms with van der Waals surface area (Å²) in [6.45, 7) is 2.40. The Kier molecular flexibility index (Phi) is 5.07. The monoisotopic (exact) mass is 292 g/mol. The summed E-state index contributed by atoms with van der Waals surface area (Å²) in [6.07, 6.45) is 2.38. The summed E-state index contributed by atoms with van der Waals surface area (Å²) in [5.74, 6) is -3.31. The summed E-state index contributed by atoms with van der Waals surface area (Å²) >= 11 is 0. The van der Waals surface area contributed by atoms with Crippen LogP contribution in [-0.2, 0) is 14.8 Å². The normalized spacial score (nSPS) is 20.2. The van der Waals surface area contributed by atoms with Gasteiger partial charge in [-0.25, -0.2) is 17.9 Å². The molecule has 4 N–H and O–H groups in total. The number of hydrogen-bond acceptors (Lipinski definition) is 4. The Bertz CT molecular complexity index is 525. The average molecular weight is 292 g/mol. The number of sulfonamides is 1. The lowest BCUT2D eigenvalue weighted by Crippen LogP contribution is -2.28. The van der Waals surface area contributed by atoms with E-state index in [1.165, 1.54) is 0 Å². The molecule has 19 heavy (non-hydrogen) atoms. The molecule has 0 radical (unpaired) electrons. The molecule has 108 valence electrons. The van der Waals surface area contributed by atoms with Crippen molar-refractivity contribution in [2.45, 2.75) is 26.2 Å². The molecule has 0 aliphatic heterocycles. The number of halogens is 1. The van der Waals surface area contributed by atoms with Crippen LogP contribution in [0.25, 0.3) is 0 Å². The van der Waals surface area contributed by atoms with Gasteiger partial charge in [-0.05, 0) is 12.5 Å². The molecular formula is C11H17FN2O4S. The van der Waals surface area contributed by atoms with Gasteiger partial charge >= 0.3 is 5.97 Å². The molecule has 1 aliphatic carbocycles. The zero-order valence-electron chi connectivity index (χ0n) is 10.5. The van der Waals surface area contributed by atoms with E-state index < -0.39 is 32.6 Å². The van der Waals surface area contributed by atoms with Gasteiger partial charge in [-0.15, -0.1) is 0 Å². The van der Waals surface area contributed by atoms with Crippen molar-refractivity contribution in [3.05, 3.63) is 22.5 Å². The van der Waals surface area contributed by atoms with Gasteiger partial charge in [0.25, 0.3) is 0 Å². The van der Waals surface area contributed by atoms with Crippen LogP contribution in [0, 0.1) is 5.92 Å². The van der Waals surface area contributed by atoms with E-state index in [1.54, 1.807) is 0 Å². The average Bonchev–Trinajstić information content (AvgIpc) is 2.29. The van der Waals surface area contributed by atoms with Gasteiger partial charge in [0.15, 0.2) is 5.83 Å². The second-order valence-electron chi connectivity index (χ2n) is 4.30. The number of carboxylic acids is 1. The number of aliphatic carboxylic acids is 1. The Hall–Kier alpha value is -1.41. The number of unbranched alkanes of at least 4 members (excludes halogenated alkanes) is 1. The predicted molar refractivity (Wildman–Crippen MR) is 68.0 cm³/mol. The number of nitrogens with one attached hydrogen (secondary N) is 1. The van der Waals surface area contributed by atoms with E-state index in [1.807, 2.05) is 6.92 Å². The fourth-order valence-electron chi connectivity index (χ4n) is 1.72. The molecule has 0 aromatic carbocycles. The van der Waals surface area contributed by atoms with Gasteiger partial charge in [0.1, 0.15) is 4.91 Å². The van der Waals surface area contributed by atoms with Crippen molar-refractivity contribution in [2.24, 2.45) is 11.1 Å². The lowest BCUT2D eigenvalue weighted by Gasteiger charge is -2.21. The Morgan fingerprint density at radius 1 is 1.63 bits per heavy atom. The molecule has 6 nitrogen and oxygen atoms in total. The first-order chi connectivity index (χ1) is 8.77. The summed E-state index contributed by atoms with van der Waals surface area (Å²) in [7, 11) is -4.28. The van der Waals surface area contributed by atoms with E-state index >= 15 is 0 Å². The van der Waals surface area contributed by atoms with Gasteiger partial charge in [-0.1, -0.05) is 13.3 Å². The van der Waals surface area contributed by atoms with Gasteiger partial charge in [0.2, 0.25) is 10.0 Å². The summed E-state index contributed by atoms with van der Waals surface area (Å²) < 4.78 is 36.5. The molecule has 0 saturated carbocycles. The molecule has 1 aliphatic rings. The summed E-state index contributed by atoms with van der Waals surface area (Å²) in [4.78, 5) is 10.2. The maximum atomic E-state index is 14.0. The third-order valence-corrected chi connectivity index (χ3v) is 3.68. The van der Waals surface area contributed by atoms with Crippen LogP contribution < -0.4 is 10.5 Å². The molecule has 1 unspecified atom stereocenters. The maximum Gasteiger partial charge on any atom is 0.310 e. The molecule has 8 heteroatoms. The van der Waals surface area contributed by atoms with Crippen molar-refractivity contribution in [1.29, 1.82) is 0 Å². The molecule has 0 bridgehead atoms. The molecule has 0 fully saturated rings. The number of hydrogen-bond donors (Lipinski definition) is 3. The van der Waals surface area contributed by atoms with E-state index in [4.69, 9.17) is 10.2 Å². The minimum absolute atomic E-state index is 0.0209. The molecule has 0 aromatic rings. The number of allylic oxidation sites excluding steroid dienone is 2. The quantitative estimate of drug-likeness (QED) is 0.628. The van der Waals surface area contributed by atoms with E-state index in [2.05, 4.69) is 5.32 Å². The highest BCUT2D eigenvalue weighted by Crippen LogP contribution is 2.30. The van der Waals surface area contributed by atoms with Crippen molar-refractivity contribution >= 4 is 16.0 Å². The third kappa shape index (κ3) is 4.03. The van der Waals surface area contributed by atoms with E-state index in [9.17, 15) is 17.6 Å². The minimum atomic E-state index is -4.28. The zero-order valence-corrected chi connectivity index (χ0v) is 11.3. The molecule has 1 atom stereocenters. The van der Waals surface area contributed by atoms with Crippen molar-refractivity contribution < 1.29 is 22.7 Å². The number of primary sulfonamides is 1. The summed E-state index contributed by atoms with van der Waals surface area (Å²) in [5, 5.41) is 16.6. The first kappa shape index (κ1) is 15.6. The van der Waals surface area contributed by atoms with Crippen LogP contribution in [0.4, 0.5) is 4.39 Å². The molecule has 1 rings (SSSR count). The van der Waals surface area contributed by atoms with Crippen LogP contribution >= 0.6 is 0 Å². The van der Waals surface area contributed by atoms with E-state index in [-0.39, 0.29) is 12.1 Å². The smallest absolute Gasteiger partial charge is 0.310 e. The Morgan fingerprint density at radius 2 is 2.26 bits per heavy atom. The van der Waals surface area contributed by atoms with Crippen LogP contribution in [-0.4, -0.2) is 26.0 Å². The predicted octanol–water partition coefficient (Wildman–Crippen LogP) is 0.834.